The fourth-order valence-corrected chi connectivity index (χ4v) is 1.64. The van der Waals surface area contributed by atoms with Crippen molar-refractivity contribution in [3.05, 3.63) is 30.1 Å². The Hall–Kier alpha value is -2.64. The predicted octanol–water partition coefficient (Wildman–Crippen LogP) is 2.75. The molecule has 0 atom stereocenters. The van der Waals surface area contributed by atoms with Gasteiger partial charge in [0, 0.05) is 21.1 Å². The third kappa shape index (κ3) is 5.57. The molecule has 3 amide bonds. The Morgan fingerprint density at radius 1 is 1.22 bits per heavy atom. The van der Waals surface area contributed by atoms with E-state index in [1.165, 1.54) is 30.1 Å². The highest BCUT2D eigenvalue weighted by Crippen LogP contribution is 2.13. The van der Waals surface area contributed by atoms with Crippen LogP contribution in [-0.4, -0.2) is 55.1 Å². The third-order valence-electron chi connectivity index (χ3n) is 2.65. The molecule has 0 aromatic heterocycles. The SMILES string of the molecule is CC(C)OC(=O)N=C(N(C)C)N(C)C(=O)Nc1ccccc1F. The second-order valence-electron chi connectivity index (χ2n) is 5.21. The Kier molecular flexibility index (Phi) is 6.49. The van der Waals surface area contributed by atoms with Crippen LogP contribution in [0.15, 0.2) is 29.3 Å². The first kappa shape index (κ1) is 18.4. The van der Waals surface area contributed by atoms with E-state index in [-0.39, 0.29) is 17.8 Å². The molecule has 0 unspecified atom stereocenters. The summed E-state index contributed by atoms with van der Waals surface area (Å²) in [6.07, 6.45) is -1.14. The van der Waals surface area contributed by atoms with Gasteiger partial charge in [-0.25, -0.2) is 14.0 Å². The highest BCUT2D eigenvalue weighted by Gasteiger charge is 2.20. The maximum Gasteiger partial charge on any atom is 0.437 e. The number of benzene rings is 1. The second-order valence-corrected chi connectivity index (χ2v) is 5.21. The van der Waals surface area contributed by atoms with E-state index in [1.54, 1.807) is 34.0 Å². The summed E-state index contributed by atoms with van der Waals surface area (Å²) in [5.74, 6) is -0.499. The lowest BCUT2D eigenvalue weighted by molar-refractivity contribution is 0.125. The number of aliphatic imine (C=N–C) groups is 1. The van der Waals surface area contributed by atoms with Crippen LogP contribution in [0.25, 0.3) is 0 Å². The average Bonchev–Trinajstić information content (AvgIpc) is 2.45. The Labute approximate surface area is 134 Å². The molecular weight excluding hydrogens is 303 g/mol. The molecule has 0 spiro atoms. The van der Waals surface area contributed by atoms with Gasteiger partial charge in [0.2, 0.25) is 5.96 Å². The van der Waals surface area contributed by atoms with E-state index in [2.05, 4.69) is 10.3 Å². The van der Waals surface area contributed by atoms with E-state index in [1.807, 2.05) is 0 Å². The standard InChI is InChI=1S/C15H21FN4O3/c1-10(2)23-15(22)18-13(19(3)4)20(5)14(21)17-12-9-7-6-8-11(12)16/h6-10H,1-5H3,(H,17,21). The van der Waals surface area contributed by atoms with E-state index in [0.29, 0.717) is 0 Å². The number of guanidine groups is 1. The van der Waals surface area contributed by atoms with Gasteiger partial charge in [-0.1, -0.05) is 12.1 Å². The van der Waals surface area contributed by atoms with Crippen LogP contribution >= 0.6 is 0 Å². The number of amides is 3. The molecule has 0 saturated heterocycles. The number of rotatable bonds is 2. The first-order valence-corrected chi connectivity index (χ1v) is 6.98. The van der Waals surface area contributed by atoms with E-state index in [4.69, 9.17) is 4.74 Å². The van der Waals surface area contributed by atoms with Gasteiger partial charge in [0.25, 0.3) is 0 Å². The summed E-state index contributed by atoms with van der Waals surface area (Å²) in [7, 11) is 4.65. The first-order chi connectivity index (χ1) is 10.7. The van der Waals surface area contributed by atoms with Crippen molar-refractivity contribution in [3.63, 3.8) is 0 Å². The number of nitrogens with zero attached hydrogens (tertiary/aromatic N) is 3. The molecule has 0 heterocycles. The third-order valence-corrected chi connectivity index (χ3v) is 2.65. The lowest BCUT2D eigenvalue weighted by Gasteiger charge is -2.24. The fraction of sp³-hybridized carbons (Fsp3) is 0.400. The van der Waals surface area contributed by atoms with Gasteiger partial charge in [0.15, 0.2) is 0 Å². The van der Waals surface area contributed by atoms with Crippen LogP contribution in [0.3, 0.4) is 0 Å². The van der Waals surface area contributed by atoms with Crippen molar-refractivity contribution in [3.8, 4) is 0 Å². The maximum absolute atomic E-state index is 13.6. The summed E-state index contributed by atoms with van der Waals surface area (Å²) in [4.78, 5) is 30.2. The van der Waals surface area contributed by atoms with Gasteiger partial charge >= 0.3 is 12.1 Å². The van der Waals surface area contributed by atoms with Crippen molar-refractivity contribution >= 4 is 23.8 Å². The minimum Gasteiger partial charge on any atom is -0.445 e. The number of carbonyl (C=O) groups excluding carboxylic acids is 2. The summed E-state index contributed by atoms with van der Waals surface area (Å²) >= 11 is 0. The monoisotopic (exact) mass is 324 g/mol. The van der Waals surface area contributed by atoms with Crippen molar-refractivity contribution in [2.24, 2.45) is 4.99 Å². The predicted molar refractivity (Wildman–Crippen MR) is 85.9 cm³/mol. The molecule has 0 aliphatic heterocycles. The number of ether oxygens (including phenoxy) is 1. The van der Waals surface area contributed by atoms with Crippen molar-refractivity contribution in [2.75, 3.05) is 26.5 Å². The molecule has 0 bridgehead atoms. The number of hydrogen-bond acceptors (Lipinski definition) is 3. The molecule has 1 aromatic carbocycles. The van der Waals surface area contributed by atoms with Gasteiger partial charge in [0.05, 0.1) is 11.8 Å². The number of nitrogens with one attached hydrogen (secondary N) is 1. The molecule has 0 aliphatic rings. The van der Waals surface area contributed by atoms with E-state index >= 15 is 0 Å². The minimum atomic E-state index is -0.811. The highest BCUT2D eigenvalue weighted by molar-refractivity contribution is 6.04. The van der Waals surface area contributed by atoms with Gasteiger partial charge in [0.1, 0.15) is 5.82 Å². The van der Waals surface area contributed by atoms with Crippen molar-refractivity contribution < 1.29 is 18.7 Å². The van der Waals surface area contributed by atoms with Crippen LogP contribution in [0.1, 0.15) is 13.8 Å². The summed E-state index contributed by atoms with van der Waals surface area (Å²) in [6, 6.07) is 5.14. The average molecular weight is 324 g/mol. The van der Waals surface area contributed by atoms with Crippen LogP contribution in [0.4, 0.5) is 19.7 Å². The van der Waals surface area contributed by atoms with Crippen LogP contribution in [-0.2, 0) is 4.74 Å². The molecule has 0 fully saturated rings. The summed E-state index contributed by atoms with van der Waals surface area (Å²) in [5.41, 5.74) is 0.0345. The summed E-state index contributed by atoms with van der Waals surface area (Å²) in [6.45, 7) is 3.38. The van der Waals surface area contributed by atoms with Crippen LogP contribution in [0.2, 0.25) is 0 Å². The van der Waals surface area contributed by atoms with Crippen LogP contribution < -0.4 is 5.32 Å². The minimum absolute atomic E-state index is 0.0345. The largest absolute Gasteiger partial charge is 0.445 e. The number of anilines is 1. The molecule has 8 heteroatoms. The van der Waals surface area contributed by atoms with Crippen molar-refractivity contribution in [2.45, 2.75) is 20.0 Å². The zero-order valence-electron chi connectivity index (χ0n) is 13.8. The normalized spacial score (nSPS) is 11.2. The topological polar surface area (TPSA) is 74.2 Å². The molecule has 1 rings (SSSR count). The number of para-hydroxylation sites is 1. The van der Waals surface area contributed by atoms with Crippen molar-refractivity contribution in [1.29, 1.82) is 0 Å². The zero-order chi connectivity index (χ0) is 17.6. The second kappa shape index (κ2) is 8.11. The maximum atomic E-state index is 13.6. The summed E-state index contributed by atoms with van der Waals surface area (Å²) < 4.78 is 18.5. The van der Waals surface area contributed by atoms with Crippen LogP contribution in [0.5, 0.6) is 0 Å². The quantitative estimate of drug-likeness (QED) is 0.670. The van der Waals surface area contributed by atoms with E-state index < -0.39 is 17.9 Å². The molecule has 126 valence electrons. The van der Waals surface area contributed by atoms with Gasteiger partial charge in [-0.3, -0.25) is 4.90 Å². The molecule has 1 aromatic rings. The van der Waals surface area contributed by atoms with Gasteiger partial charge < -0.3 is 15.0 Å². The Morgan fingerprint density at radius 3 is 2.35 bits per heavy atom. The molecule has 23 heavy (non-hydrogen) atoms. The molecule has 7 nitrogen and oxygen atoms in total. The van der Waals surface area contributed by atoms with Gasteiger partial charge in [-0.05, 0) is 26.0 Å². The molecule has 0 aliphatic carbocycles. The number of carbonyl (C=O) groups is 2. The van der Waals surface area contributed by atoms with Gasteiger partial charge in [-0.2, -0.15) is 0 Å². The van der Waals surface area contributed by atoms with E-state index in [0.717, 1.165) is 4.90 Å². The summed E-state index contributed by atoms with van der Waals surface area (Å²) in [5, 5.41) is 2.41. The molecule has 0 radical (unpaired) electrons. The highest BCUT2D eigenvalue weighted by atomic mass is 19.1. The zero-order valence-corrected chi connectivity index (χ0v) is 13.8. The molecular formula is C15H21FN4O3. The molecule has 1 N–H and O–H groups in total. The lowest BCUT2D eigenvalue weighted by atomic mass is 10.3. The smallest absolute Gasteiger partial charge is 0.437 e. The molecule has 0 saturated carbocycles. The van der Waals surface area contributed by atoms with Crippen LogP contribution in [0, 0.1) is 5.82 Å². The Bertz CT molecular complexity index is 602. The number of halogens is 1. The van der Waals surface area contributed by atoms with Crippen molar-refractivity contribution in [1.82, 2.24) is 9.80 Å². The first-order valence-electron chi connectivity index (χ1n) is 6.98. The Morgan fingerprint density at radius 2 is 1.83 bits per heavy atom. The van der Waals surface area contributed by atoms with Gasteiger partial charge in [-0.15, -0.1) is 4.99 Å². The lowest BCUT2D eigenvalue weighted by Crippen LogP contribution is -2.44. The van der Waals surface area contributed by atoms with E-state index in [9.17, 15) is 14.0 Å². The number of hydrogen-bond donors (Lipinski definition) is 1. The fourth-order valence-electron chi connectivity index (χ4n) is 1.64. The number of urea groups is 1. The Balaban J connectivity index is 2.91.